The van der Waals surface area contributed by atoms with Crippen LogP contribution in [0.5, 0.6) is 0 Å². The number of amides is 1. The van der Waals surface area contributed by atoms with Gasteiger partial charge in [0.05, 0.1) is 18.8 Å². The minimum absolute atomic E-state index is 0.156. The van der Waals surface area contributed by atoms with E-state index >= 15 is 0 Å². The second-order valence-corrected chi connectivity index (χ2v) is 9.22. The molecule has 5 rings (SSSR count). The summed E-state index contributed by atoms with van der Waals surface area (Å²) in [6.07, 6.45) is 3.69. The molecule has 2 aromatic rings. The second-order valence-electron chi connectivity index (χ2n) is 9.22. The number of fused-ring (bicyclic) bond motifs is 1. The van der Waals surface area contributed by atoms with Crippen molar-refractivity contribution < 1.29 is 15.0 Å². The molecular formula is C25H30N2O3. The topological polar surface area (TPSA) is 64.0 Å². The molecule has 5 nitrogen and oxygen atoms in total. The number of aliphatic hydroxyl groups excluding tert-OH is 2. The molecule has 2 fully saturated rings. The Balaban J connectivity index is 1.39. The summed E-state index contributed by atoms with van der Waals surface area (Å²) in [7, 11) is 0. The largest absolute Gasteiger partial charge is 0.395 e. The lowest BCUT2D eigenvalue weighted by molar-refractivity contribution is -0.164. The van der Waals surface area contributed by atoms with Crippen molar-refractivity contribution in [3.63, 3.8) is 0 Å². The molecule has 1 amide bonds. The predicted octanol–water partition coefficient (Wildman–Crippen LogP) is 2.31. The molecule has 0 saturated carbocycles. The second kappa shape index (κ2) is 7.19. The van der Waals surface area contributed by atoms with Crippen LogP contribution in [0.15, 0.2) is 48.5 Å². The van der Waals surface area contributed by atoms with E-state index in [2.05, 4.69) is 30.0 Å². The summed E-state index contributed by atoms with van der Waals surface area (Å²) in [4.78, 5) is 17.5. The summed E-state index contributed by atoms with van der Waals surface area (Å²) < 4.78 is 0. The fourth-order valence-electron chi connectivity index (χ4n) is 6.22. The fourth-order valence-corrected chi connectivity index (χ4v) is 6.22. The van der Waals surface area contributed by atoms with Crippen molar-refractivity contribution >= 4 is 11.6 Å². The molecule has 2 saturated heterocycles. The molecule has 2 aliphatic heterocycles. The van der Waals surface area contributed by atoms with Crippen molar-refractivity contribution in [1.82, 2.24) is 4.90 Å². The van der Waals surface area contributed by atoms with Crippen molar-refractivity contribution in [3.8, 4) is 0 Å². The number of para-hydroxylation sites is 1. The van der Waals surface area contributed by atoms with Gasteiger partial charge < -0.3 is 15.1 Å². The van der Waals surface area contributed by atoms with Crippen LogP contribution in [0.4, 0.5) is 5.69 Å². The maximum atomic E-state index is 13.1. The molecule has 1 spiro atoms. The zero-order valence-corrected chi connectivity index (χ0v) is 17.6. The molecule has 1 atom stereocenters. The molecule has 5 heteroatoms. The van der Waals surface area contributed by atoms with Gasteiger partial charge in [-0.15, -0.1) is 0 Å². The molecule has 30 heavy (non-hydrogen) atoms. The van der Waals surface area contributed by atoms with Crippen molar-refractivity contribution in [2.75, 3.05) is 31.2 Å². The quantitative estimate of drug-likeness (QED) is 0.765. The number of hydrogen-bond acceptors (Lipinski definition) is 4. The first-order valence-corrected chi connectivity index (χ1v) is 11.0. The van der Waals surface area contributed by atoms with Crippen molar-refractivity contribution in [2.24, 2.45) is 5.41 Å². The zero-order valence-electron chi connectivity index (χ0n) is 17.6. The van der Waals surface area contributed by atoms with Crippen LogP contribution in [0, 0.1) is 12.3 Å². The van der Waals surface area contributed by atoms with Crippen LogP contribution in [-0.4, -0.2) is 58.9 Å². The molecule has 2 heterocycles. The van der Waals surface area contributed by atoms with E-state index in [1.165, 1.54) is 16.7 Å². The van der Waals surface area contributed by atoms with Gasteiger partial charge in [0.15, 0.2) is 0 Å². The predicted molar refractivity (Wildman–Crippen MR) is 116 cm³/mol. The van der Waals surface area contributed by atoms with Crippen molar-refractivity contribution in [3.05, 3.63) is 65.2 Å². The first kappa shape index (κ1) is 19.7. The molecule has 2 aromatic carbocycles. The van der Waals surface area contributed by atoms with Gasteiger partial charge >= 0.3 is 0 Å². The Morgan fingerprint density at radius 3 is 2.30 bits per heavy atom. The Morgan fingerprint density at radius 2 is 1.67 bits per heavy atom. The molecule has 0 radical (unpaired) electrons. The summed E-state index contributed by atoms with van der Waals surface area (Å²) in [5, 5.41) is 20.4. The summed E-state index contributed by atoms with van der Waals surface area (Å²) in [6.45, 7) is 3.33. The Labute approximate surface area is 177 Å². The average molecular weight is 407 g/mol. The van der Waals surface area contributed by atoms with Crippen LogP contribution in [-0.2, 0) is 17.6 Å². The third-order valence-corrected chi connectivity index (χ3v) is 8.03. The number of anilines is 1. The average Bonchev–Trinajstić information content (AvgIpc) is 3.22. The number of piperidine rings is 1. The van der Waals surface area contributed by atoms with E-state index in [4.69, 9.17) is 0 Å². The van der Waals surface area contributed by atoms with Crippen LogP contribution in [0.1, 0.15) is 29.5 Å². The van der Waals surface area contributed by atoms with Gasteiger partial charge in [-0.1, -0.05) is 36.4 Å². The molecule has 1 unspecified atom stereocenters. The number of likely N-dealkylation sites (tertiary alicyclic amines) is 1. The van der Waals surface area contributed by atoms with Gasteiger partial charge in [0.2, 0.25) is 5.91 Å². The summed E-state index contributed by atoms with van der Waals surface area (Å²) >= 11 is 0. The summed E-state index contributed by atoms with van der Waals surface area (Å²) in [5.41, 5.74) is 3.59. The number of hydrogen-bond donors (Lipinski definition) is 2. The number of carbonyl (C=O) groups is 1. The van der Waals surface area contributed by atoms with E-state index in [-0.39, 0.29) is 19.1 Å². The van der Waals surface area contributed by atoms with Crippen LogP contribution in [0.3, 0.4) is 0 Å². The highest BCUT2D eigenvalue weighted by Gasteiger charge is 2.71. The third kappa shape index (κ3) is 2.55. The molecule has 0 aromatic heterocycles. The van der Waals surface area contributed by atoms with Crippen LogP contribution < -0.4 is 4.90 Å². The number of benzene rings is 2. The van der Waals surface area contributed by atoms with Gasteiger partial charge in [-0.25, -0.2) is 0 Å². The lowest BCUT2D eigenvalue weighted by Gasteiger charge is -2.66. The van der Waals surface area contributed by atoms with Gasteiger partial charge in [-0.3, -0.25) is 9.69 Å². The molecular weight excluding hydrogens is 376 g/mol. The van der Waals surface area contributed by atoms with E-state index in [1.54, 1.807) is 0 Å². The van der Waals surface area contributed by atoms with E-state index < -0.39 is 11.0 Å². The Bertz CT molecular complexity index is 946. The number of carbonyl (C=O) groups excluding carboxylic acids is 1. The summed E-state index contributed by atoms with van der Waals surface area (Å²) in [5.74, 6) is -0.156. The number of nitrogens with zero attached hydrogens (tertiary/aromatic N) is 2. The highest BCUT2D eigenvalue weighted by atomic mass is 16.3. The van der Waals surface area contributed by atoms with Crippen molar-refractivity contribution in [2.45, 2.75) is 44.2 Å². The normalized spacial score (nSPS) is 24.7. The molecule has 2 N–H and O–H groups in total. The maximum Gasteiger partial charge on any atom is 0.240 e. The minimum atomic E-state index is -1.08. The molecule has 1 aliphatic carbocycles. The monoisotopic (exact) mass is 406 g/mol. The summed E-state index contributed by atoms with van der Waals surface area (Å²) in [6, 6.07) is 16.8. The molecule has 3 aliphatic rings. The first-order chi connectivity index (χ1) is 14.6. The maximum absolute atomic E-state index is 13.1. The van der Waals surface area contributed by atoms with E-state index in [1.807, 2.05) is 35.2 Å². The number of aryl methyl sites for hydroxylation is 1. The SMILES string of the molecule is Cc1cccc2c1CC(N1CCC3(CC1)N(c1ccccc1)C(=O)C3(CO)CO)C2. The highest BCUT2D eigenvalue weighted by Crippen LogP contribution is 2.56. The van der Waals surface area contributed by atoms with Gasteiger partial charge in [-0.2, -0.15) is 0 Å². The Kier molecular flexibility index (Phi) is 4.73. The van der Waals surface area contributed by atoms with Gasteiger partial charge in [-0.05, 0) is 61.4 Å². The van der Waals surface area contributed by atoms with Gasteiger partial charge in [0.1, 0.15) is 5.41 Å². The standard InChI is InChI=1S/C25H30N2O3/c1-18-6-5-7-19-14-21(15-22(18)19)26-12-10-25(11-13-26)24(16-28,17-29)23(30)27(25)20-8-3-2-4-9-20/h2-9,21,28-29H,10-17H2,1H3. The number of β-lactam (4-membered cyclic amide) rings is 1. The molecule has 0 bridgehead atoms. The number of aliphatic hydroxyl groups is 2. The zero-order chi connectivity index (χ0) is 20.9. The van der Waals surface area contributed by atoms with E-state index in [0.29, 0.717) is 6.04 Å². The van der Waals surface area contributed by atoms with Crippen LogP contribution >= 0.6 is 0 Å². The van der Waals surface area contributed by atoms with Gasteiger partial charge in [0.25, 0.3) is 0 Å². The lowest BCUT2D eigenvalue weighted by Crippen LogP contribution is -2.83. The first-order valence-electron chi connectivity index (χ1n) is 11.0. The highest BCUT2D eigenvalue weighted by molar-refractivity contribution is 6.08. The van der Waals surface area contributed by atoms with Gasteiger partial charge in [0, 0.05) is 24.8 Å². The van der Waals surface area contributed by atoms with E-state index in [9.17, 15) is 15.0 Å². The minimum Gasteiger partial charge on any atom is -0.395 e. The fraction of sp³-hybridized carbons (Fsp3) is 0.480. The smallest absolute Gasteiger partial charge is 0.240 e. The lowest BCUT2D eigenvalue weighted by atomic mass is 9.56. The Morgan fingerprint density at radius 1 is 0.967 bits per heavy atom. The Hall–Kier alpha value is -2.21. The van der Waals surface area contributed by atoms with E-state index in [0.717, 1.165) is 44.5 Å². The van der Waals surface area contributed by atoms with Crippen LogP contribution in [0.25, 0.3) is 0 Å². The van der Waals surface area contributed by atoms with Crippen LogP contribution in [0.2, 0.25) is 0 Å². The number of rotatable bonds is 4. The third-order valence-electron chi connectivity index (χ3n) is 8.03. The molecule has 158 valence electrons. The van der Waals surface area contributed by atoms with Crippen molar-refractivity contribution in [1.29, 1.82) is 0 Å².